The maximum Gasteiger partial charge on any atom is 0.331 e. The summed E-state index contributed by atoms with van der Waals surface area (Å²) in [6.07, 6.45) is 5.98. The first kappa shape index (κ1) is 28.1. The van der Waals surface area contributed by atoms with Gasteiger partial charge in [-0.05, 0) is 50.0 Å². The van der Waals surface area contributed by atoms with Crippen molar-refractivity contribution in [1.29, 1.82) is 0 Å². The van der Waals surface area contributed by atoms with E-state index in [4.69, 9.17) is 37.8 Å². The standard InChI is InChI=1S/C28H28Cl2N2O5S/c1-15(27(34)35)11-20-21(29)12-17(13-22(20)30)26(33)32-28-31-23(14-38-28)18-9-6-10-19(25(18)37-3)24(36-2)16-7-4-5-8-16/h6,9-14,16,24H,4-5,7-8H2,1-3H3,(H,34,35)(H,31,32,33). The predicted molar refractivity (Wildman–Crippen MR) is 152 cm³/mol. The van der Waals surface area contributed by atoms with E-state index in [-0.39, 0.29) is 27.3 Å². The van der Waals surface area contributed by atoms with Gasteiger partial charge in [0.1, 0.15) is 5.75 Å². The number of ether oxygens (including phenoxy) is 2. The number of benzene rings is 2. The maximum atomic E-state index is 12.9. The summed E-state index contributed by atoms with van der Waals surface area (Å²) in [4.78, 5) is 28.7. The lowest BCUT2D eigenvalue weighted by molar-refractivity contribution is -0.132. The molecule has 1 heterocycles. The number of hydrogen-bond donors (Lipinski definition) is 2. The highest BCUT2D eigenvalue weighted by Gasteiger charge is 2.29. The third-order valence-electron chi connectivity index (χ3n) is 6.68. The molecule has 0 bridgehead atoms. The van der Waals surface area contributed by atoms with Crippen molar-refractivity contribution in [3.05, 3.63) is 68.0 Å². The minimum atomic E-state index is -1.09. The predicted octanol–water partition coefficient (Wildman–Crippen LogP) is 7.74. The Balaban J connectivity index is 1.57. The third-order valence-corrected chi connectivity index (χ3v) is 8.06. The number of aliphatic carboxylic acids is 1. The summed E-state index contributed by atoms with van der Waals surface area (Å²) >= 11 is 13.9. The molecule has 1 aromatic heterocycles. The van der Waals surface area contributed by atoms with Crippen LogP contribution in [0.4, 0.5) is 5.13 Å². The number of anilines is 1. The molecule has 38 heavy (non-hydrogen) atoms. The molecule has 200 valence electrons. The molecule has 1 saturated carbocycles. The number of methoxy groups -OCH3 is 2. The van der Waals surface area contributed by atoms with Crippen molar-refractivity contribution < 1.29 is 24.2 Å². The van der Waals surface area contributed by atoms with E-state index < -0.39 is 11.9 Å². The SMILES string of the molecule is COc1c(-c2csc(NC(=O)c3cc(Cl)c(C=C(C)C(=O)O)c(Cl)c3)n2)cccc1C(OC)C1CCCC1. The molecule has 0 saturated heterocycles. The molecule has 0 aliphatic heterocycles. The third kappa shape index (κ3) is 6.04. The lowest BCUT2D eigenvalue weighted by Crippen LogP contribution is -2.13. The molecule has 7 nitrogen and oxygen atoms in total. The fraction of sp³-hybridized carbons (Fsp3) is 0.321. The molecule has 2 N–H and O–H groups in total. The zero-order valence-corrected chi connectivity index (χ0v) is 23.5. The van der Waals surface area contributed by atoms with Gasteiger partial charge in [-0.3, -0.25) is 10.1 Å². The number of carboxylic acid groups (broad SMARTS) is 1. The van der Waals surface area contributed by atoms with Gasteiger partial charge in [0.05, 0.1) is 29.0 Å². The van der Waals surface area contributed by atoms with E-state index in [1.807, 2.05) is 23.6 Å². The van der Waals surface area contributed by atoms with E-state index in [1.54, 1.807) is 14.2 Å². The number of hydrogen-bond acceptors (Lipinski definition) is 6. The lowest BCUT2D eigenvalue weighted by atomic mass is 9.92. The van der Waals surface area contributed by atoms with Crippen molar-refractivity contribution in [2.75, 3.05) is 19.5 Å². The first-order valence-electron chi connectivity index (χ1n) is 12.1. The van der Waals surface area contributed by atoms with Crippen LogP contribution in [0.15, 0.2) is 41.3 Å². The second-order valence-corrected chi connectivity index (χ2v) is 10.8. The monoisotopic (exact) mass is 574 g/mol. The van der Waals surface area contributed by atoms with Crippen LogP contribution in [-0.4, -0.2) is 36.2 Å². The van der Waals surface area contributed by atoms with Crippen molar-refractivity contribution >= 4 is 57.6 Å². The summed E-state index contributed by atoms with van der Waals surface area (Å²) in [6, 6.07) is 8.83. The zero-order chi connectivity index (χ0) is 27.4. The van der Waals surface area contributed by atoms with Crippen LogP contribution < -0.4 is 10.1 Å². The van der Waals surface area contributed by atoms with Crippen molar-refractivity contribution in [2.45, 2.75) is 38.7 Å². The second-order valence-electron chi connectivity index (χ2n) is 9.11. The molecular weight excluding hydrogens is 547 g/mol. The van der Waals surface area contributed by atoms with Gasteiger partial charge in [-0.2, -0.15) is 0 Å². The zero-order valence-electron chi connectivity index (χ0n) is 21.2. The van der Waals surface area contributed by atoms with Gasteiger partial charge in [-0.1, -0.05) is 48.2 Å². The highest BCUT2D eigenvalue weighted by Crippen LogP contribution is 2.44. The number of thiazole rings is 1. The fourth-order valence-corrected chi connectivity index (χ4v) is 6.10. The number of amides is 1. The summed E-state index contributed by atoms with van der Waals surface area (Å²) < 4.78 is 11.8. The number of carbonyl (C=O) groups excluding carboxylic acids is 1. The number of carboxylic acids is 1. The van der Waals surface area contributed by atoms with Crippen LogP contribution in [-0.2, 0) is 9.53 Å². The van der Waals surface area contributed by atoms with Gasteiger partial charge in [0, 0.05) is 40.3 Å². The molecule has 3 aromatic rings. The molecule has 2 aromatic carbocycles. The van der Waals surface area contributed by atoms with E-state index >= 15 is 0 Å². The largest absolute Gasteiger partial charge is 0.496 e. The van der Waals surface area contributed by atoms with Crippen LogP contribution in [0, 0.1) is 5.92 Å². The van der Waals surface area contributed by atoms with Crippen LogP contribution in [0.3, 0.4) is 0 Å². The molecule has 1 fully saturated rings. The smallest absolute Gasteiger partial charge is 0.331 e. The van der Waals surface area contributed by atoms with E-state index in [0.717, 1.165) is 24.0 Å². The van der Waals surface area contributed by atoms with E-state index in [2.05, 4.69) is 10.3 Å². The van der Waals surface area contributed by atoms with E-state index in [9.17, 15) is 9.59 Å². The van der Waals surface area contributed by atoms with Crippen molar-refractivity contribution in [2.24, 2.45) is 5.92 Å². The number of nitrogens with one attached hydrogen (secondary N) is 1. The minimum absolute atomic E-state index is 0.0585. The second kappa shape index (κ2) is 12.3. The number of nitrogens with zero attached hydrogens (tertiary/aromatic N) is 1. The first-order chi connectivity index (χ1) is 18.2. The van der Waals surface area contributed by atoms with Gasteiger partial charge in [0.15, 0.2) is 5.13 Å². The summed E-state index contributed by atoms with van der Waals surface area (Å²) in [7, 11) is 3.38. The topological polar surface area (TPSA) is 97.8 Å². The van der Waals surface area contributed by atoms with Crippen LogP contribution in [0.1, 0.15) is 60.2 Å². The minimum Gasteiger partial charge on any atom is -0.496 e. The summed E-state index contributed by atoms with van der Waals surface area (Å²) in [5.74, 6) is -0.366. The van der Waals surface area contributed by atoms with Gasteiger partial charge in [0.2, 0.25) is 0 Å². The van der Waals surface area contributed by atoms with Crippen LogP contribution in [0.2, 0.25) is 10.0 Å². The van der Waals surface area contributed by atoms with E-state index in [0.29, 0.717) is 28.1 Å². The molecule has 1 unspecified atom stereocenters. The normalized spacial score (nSPS) is 14.9. The lowest BCUT2D eigenvalue weighted by Gasteiger charge is -2.25. The molecule has 4 rings (SSSR count). The summed E-state index contributed by atoms with van der Waals surface area (Å²) in [5, 5.41) is 14.5. The Hall–Kier alpha value is -2.91. The van der Waals surface area contributed by atoms with Gasteiger partial charge in [0.25, 0.3) is 5.91 Å². The van der Waals surface area contributed by atoms with Crippen LogP contribution in [0.25, 0.3) is 17.3 Å². The van der Waals surface area contributed by atoms with Crippen molar-refractivity contribution in [3.8, 4) is 17.0 Å². The van der Waals surface area contributed by atoms with Gasteiger partial charge in [-0.25, -0.2) is 9.78 Å². The maximum absolute atomic E-state index is 12.9. The number of carbonyl (C=O) groups is 2. The molecule has 0 radical (unpaired) electrons. The molecule has 10 heteroatoms. The van der Waals surface area contributed by atoms with E-state index in [1.165, 1.54) is 49.3 Å². The molecule has 1 aliphatic rings. The van der Waals surface area contributed by atoms with Gasteiger partial charge in [-0.15, -0.1) is 11.3 Å². The highest BCUT2D eigenvalue weighted by atomic mass is 35.5. The average molecular weight is 576 g/mol. The Kier molecular flexibility index (Phi) is 9.10. The Bertz CT molecular complexity index is 1360. The van der Waals surface area contributed by atoms with Gasteiger partial charge < -0.3 is 14.6 Å². The molecule has 1 aliphatic carbocycles. The molecule has 1 amide bonds. The molecule has 0 spiro atoms. The quantitative estimate of drug-likeness (QED) is 0.253. The number of halogens is 2. The number of rotatable bonds is 9. The Labute approximate surface area is 235 Å². The first-order valence-corrected chi connectivity index (χ1v) is 13.7. The van der Waals surface area contributed by atoms with Crippen LogP contribution >= 0.6 is 34.5 Å². The average Bonchev–Trinajstić information content (AvgIpc) is 3.59. The van der Waals surface area contributed by atoms with Gasteiger partial charge >= 0.3 is 5.97 Å². The Morgan fingerprint density at radius 1 is 1.18 bits per heavy atom. The van der Waals surface area contributed by atoms with Crippen LogP contribution in [0.5, 0.6) is 5.75 Å². The Morgan fingerprint density at radius 3 is 2.47 bits per heavy atom. The van der Waals surface area contributed by atoms with Crippen molar-refractivity contribution in [3.63, 3.8) is 0 Å². The summed E-state index contributed by atoms with van der Waals surface area (Å²) in [5.41, 5.74) is 3.11. The molecular formula is C28H28Cl2N2O5S. The molecule has 1 atom stereocenters. The number of aromatic nitrogens is 1. The number of para-hydroxylation sites is 1. The fourth-order valence-electron chi connectivity index (χ4n) is 4.80. The highest BCUT2D eigenvalue weighted by molar-refractivity contribution is 7.14. The van der Waals surface area contributed by atoms with Crippen molar-refractivity contribution in [1.82, 2.24) is 4.98 Å². The Morgan fingerprint density at radius 2 is 1.87 bits per heavy atom. The summed E-state index contributed by atoms with van der Waals surface area (Å²) in [6.45, 7) is 1.44.